The van der Waals surface area contributed by atoms with E-state index in [1.807, 2.05) is 0 Å². The molecule has 0 bridgehead atoms. The van der Waals surface area contributed by atoms with Gasteiger partial charge in [-0.3, -0.25) is 9.59 Å². The number of carboxylic acid groups (broad SMARTS) is 1. The number of carbonyl (C=O) groups excluding carboxylic acids is 3. The molecule has 4 aromatic carbocycles. The highest BCUT2D eigenvalue weighted by atomic mass is 16.5. The van der Waals surface area contributed by atoms with E-state index in [1.54, 1.807) is 78.9 Å². The van der Waals surface area contributed by atoms with Gasteiger partial charge in [0.2, 0.25) is 0 Å². The first-order chi connectivity index (χ1) is 29.5. The van der Waals surface area contributed by atoms with Crippen molar-refractivity contribution in [1.82, 2.24) is 10.6 Å². The Balaban J connectivity index is 0.000000238. The molecule has 0 saturated carbocycles. The average molecular weight is 865 g/mol. The van der Waals surface area contributed by atoms with Crippen LogP contribution < -0.4 is 29.6 Å². The van der Waals surface area contributed by atoms with Crippen LogP contribution in [0.3, 0.4) is 0 Å². The molecule has 2 heterocycles. The number of piperidine rings is 2. The quantitative estimate of drug-likeness (QED) is 0.0815. The summed E-state index contributed by atoms with van der Waals surface area (Å²) >= 11 is 0. The largest absolute Gasteiger partial charge is 0.497 e. The molecule has 2 aliphatic rings. The Morgan fingerprint density at radius 3 is 1.19 bits per heavy atom. The third-order valence-corrected chi connectivity index (χ3v) is 11.3. The van der Waals surface area contributed by atoms with Crippen molar-refractivity contribution in [3.63, 3.8) is 0 Å². The van der Waals surface area contributed by atoms with Crippen LogP contribution in [0.5, 0.6) is 34.5 Å². The minimum atomic E-state index is -1.10. The van der Waals surface area contributed by atoms with Gasteiger partial charge in [-0.1, -0.05) is 0 Å². The Morgan fingerprint density at radius 2 is 0.857 bits per heavy atom. The van der Waals surface area contributed by atoms with E-state index >= 15 is 0 Å². The number of nitrogens with one attached hydrogen (secondary N) is 2. The highest BCUT2D eigenvalue weighted by Crippen LogP contribution is 2.38. The van der Waals surface area contributed by atoms with Crippen molar-refractivity contribution < 1.29 is 48.0 Å². The second kappa shape index (κ2) is 19.8. The van der Waals surface area contributed by atoms with Crippen LogP contribution in [-0.2, 0) is 4.74 Å². The fourth-order valence-electron chi connectivity index (χ4n) is 9.67. The Morgan fingerprint density at radius 1 is 0.524 bits per heavy atom. The first kappa shape index (κ1) is 48.3. The van der Waals surface area contributed by atoms with Crippen LogP contribution in [0.4, 0.5) is 0 Å². The summed E-state index contributed by atoms with van der Waals surface area (Å²) in [6.07, 6.45) is 4.89. The summed E-state index contributed by atoms with van der Waals surface area (Å²) in [5.41, 5.74) is 1.61. The monoisotopic (exact) mass is 864 g/mol. The lowest BCUT2D eigenvalue weighted by Crippen LogP contribution is -2.58. The summed E-state index contributed by atoms with van der Waals surface area (Å²) in [5, 5.41) is 16.7. The molecule has 338 valence electrons. The van der Waals surface area contributed by atoms with Crippen molar-refractivity contribution >= 4 is 23.5 Å². The number of esters is 1. The predicted octanol–water partition coefficient (Wildman–Crippen LogP) is 10.7. The van der Waals surface area contributed by atoms with Gasteiger partial charge in [-0.05, 0) is 178 Å². The van der Waals surface area contributed by atoms with Crippen molar-refractivity contribution in [3.8, 4) is 34.5 Å². The minimum Gasteiger partial charge on any atom is -0.497 e. The molecule has 2 saturated heterocycles. The number of carbonyl (C=O) groups is 4. The number of rotatable bonds is 14. The molecule has 3 N–H and O–H groups in total. The number of ether oxygens (including phenoxy) is 5. The van der Waals surface area contributed by atoms with E-state index in [2.05, 4.69) is 66.0 Å². The number of methoxy groups -OCH3 is 3. The van der Waals surface area contributed by atoms with E-state index in [0.717, 1.165) is 25.7 Å². The molecule has 0 radical (unpaired) electrons. The highest BCUT2D eigenvalue weighted by Gasteiger charge is 2.39. The lowest BCUT2D eigenvalue weighted by Gasteiger charge is -2.46. The molecule has 0 aliphatic carbocycles. The van der Waals surface area contributed by atoms with Gasteiger partial charge in [0, 0.05) is 46.1 Å². The van der Waals surface area contributed by atoms with Gasteiger partial charge >= 0.3 is 11.9 Å². The Kier molecular flexibility index (Phi) is 15.2. The van der Waals surface area contributed by atoms with Crippen molar-refractivity contribution in [2.45, 2.75) is 116 Å². The summed E-state index contributed by atoms with van der Waals surface area (Å²) in [6.45, 7) is 17.5. The first-order valence-electron chi connectivity index (χ1n) is 21.4. The molecule has 4 aromatic rings. The van der Waals surface area contributed by atoms with E-state index in [-0.39, 0.29) is 50.6 Å². The van der Waals surface area contributed by atoms with Crippen LogP contribution >= 0.6 is 0 Å². The van der Waals surface area contributed by atoms with Crippen molar-refractivity contribution in [1.29, 1.82) is 0 Å². The van der Waals surface area contributed by atoms with Gasteiger partial charge in [0.05, 0.1) is 21.3 Å². The second-order valence-corrected chi connectivity index (χ2v) is 19.4. The van der Waals surface area contributed by atoms with Gasteiger partial charge in [-0.25, -0.2) is 9.59 Å². The molecular formula is C51H64N2O10. The molecule has 0 atom stereocenters. The molecule has 2 aliphatic heterocycles. The second-order valence-electron chi connectivity index (χ2n) is 19.4. The van der Waals surface area contributed by atoms with Crippen LogP contribution in [0.1, 0.15) is 135 Å². The topological polar surface area (TPSA) is 159 Å². The Bertz CT molecular complexity index is 2230. The van der Waals surface area contributed by atoms with Gasteiger partial charge in [0.15, 0.2) is 11.6 Å². The number of hydrogen-bond acceptors (Lipinski definition) is 11. The molecule has 6 rings (SSSR count). The zero-order valence-electron chi connectivity index (χ0n) is 38.6. The number of Topliss-reactive ketones (excluding diaryl/α,β-unsaturated/α-hetero) is 2. The van der Waals surface area contributed by atoms with Gasteiger partial charge in [0.25, 0.3) is 0 Å². The maximum absolute atomic E-state index is 12.9. The summed E-state index contributed by atoms with van der Waals surface area (Å²) in [6, 6.07) is 23.4. The highest BCUT2D eigenvalue weighted by molar-refractivity contribution is 5.97. The van der Waals surface area contributed by atoms with Crippen LogP contribution in [-0.4, -0.2) is 72.1 Å². The minimum absolute atomic E-state index is 0.00457. The number of ketones is 2. The Labute approximate surface area is 372 Å². The van der Waals surface area contributed by atoms with E-state index in [1.165, 1.54) is 27.4 Å². The molecule has 2 fully saturated rings. The fraction of sp³-hybridized carbons (Fsp3) is 0.451. The average Bonchev–Trinajstić information content (AvgIpc) is 3.19. The molecule has 63 heavy (non-hydrogen) atoms. The van der Waals surface area contributed by atoms with Crippen molar-refractivity contribution in [2.75, 3.05) is 21.3 Å². The molecule has 12 heteroatoms. The summed E-state index contributed by atoms with van der Waals surface area (Å²) < 4.78 is 26.8. The fourth-order valence-corrected chi connectivity index (χ4v) is 9.67. The standard InChI is InChI=1S/C26H33NO5.C25H31NO5/c1-25(2)15-17(16-26(3,4)27-25)13-22(28)18-7-9-19(10-8-18)32-23-12-11-20(30-5)14-21(23)24(29)31-6;1-24(2)14-16(15-25(3,4)26-24)12-21(27)17-6-8-18(9-7-17)31-22-11-10-19(30-5)13-20(22)23(28)29/h7-12,14,17,27H,13,15-16H2,1-6H3;6-11,13,16,26H,12,14-15H2,1-5H3,(H,28,29). The lowest BCUT2D eigenvalue weighted by molar-refractivity contribution is 0.0596. The van der Waals surface area contributed by atoms with Crippen molar-refractivity contribution in [3.05, 3.63) is 107 Å². The van der Waals surface area contributed by atoms with Gasteiger partial charge in [0.1, 0.15) is 45.6 Å². The summed E-state index contributed by atoms with van der Waals surface area (Å²) in [5.74, 6) is 1.83. The van der Waals surface area contributed by atoms with Gasteiger partial charge in [-0.15, -0.1) is 0 Å². The Hall–Kier alpha value is -5.72. The molecular weight excluding hydrogens is 801 g/mol. The maximum Gasteiger partial charge on any atom is 0.341 e. The number of hydrogen-bond donors (Lipinski definition) is 3. The maximum atomic E-state index is 12.9. The van der Waals surface area contributed by atoms with Crippen LogP contribution in [0.2, 0.25) is 0 Å². The zero-order valence-corrected chi connectivity index (χ0v) is 38.6. The van der Waals surface area contributed by atoms with Crippen LogP contribution in [0, 0.1) is 11.8 Å². The van der Waals surface area contributed by atoms with Gasteiger partial charge < -0.3 is 39.4 Å². The smallest absolute Gasteiger partial charge is 0.341 e. The van der Waals surface area contributed by atoms with E-state index in [4.69, 9.17) is 23.7 Å². The molecule has 0 spiro atoms. The van der Waals surface area contributed by atoms with Gasteiger partial charge in [-0.2, -0.15) is 0 Å². The van der Waals surface area contributed by atoms with E-state index in [0.29, 0.717) is 64.6 Å². The predicted molar refractivity (Wildman–Crippen MR) is 243 cm³/mol. The zero-order chi connectivity index (χ0) is 46.3. The number of carboxylic acids is 1. The van der Waals surface area contributed by atoms with Crippen LogP contribution in [0.25, 0.3) is 0 Å². The van der Waals surface area contributed by atoms with Crippen molar-refractivity contribution in [2.24, 2.45) is 11.8 Å². The van der Waals surface area contributed by atoms with E-state index in [9.17, 15) is 24.3 Å². The van der Waals surface area contributed by atoms with Crippen LogP contribution in [0.15, 0.2) is 84.9 Å². The van der Waals surface area contributed by atoms with E-state index < -0.39 is 11.9 Å². The molecule has 0 aromatic heterocycles. The third kappa shape index (κ3) is 13.6. The molecule has 12 nitrogen and oxygen atoms in total. The number of benzene rings is 4. The summed E-state index contributed by atoms with van der Waals surface area (Å²) in [4.78, 5) is 49.4. The summed E-state index contributed by atoms with van der Waals surface area (Å²) in [7, 11) is 4.32. The first-order valence-corrected chi connectivity index (χ1v) is 21.4. The lowest BCUT2D eigenvalue weighted by atomic mass is 9.74. The number of aromatic carboxylic acids is 1. The third-order valence-electron chi connectivity index (χ3n) is 11.3. The molecule has 0 unspecified atom stereocenters. The molecule has 0 amide bonds. The SMILES string of the molecule is COC(=O)c1cc(OC)ccc1Oc1ccc(C(=O)CC2CC(C)(C)NC(C)(C)C2)cc1.COc1ccc(Oc2ccc(C(=O)CC3CC(C)(C)NC(C)(C)C3)cc2)c(C(=O)O)c1. The normalized spacial score (nSPS) is 17.6.